The van der Waals surface area contributed by atoms with Crippen molar-refractivity contribution in [2.75, 3.05) is 19.0 Å². The molecule has 0 spiro atoms. The lowest BCUT2D eigenvalue weighted by Gasteiger charge is -2.13. The van der Waals surface area contributed by atoms with E-state index >= 15 is 0 Å². The number of fused-ring (bicyclic) bond motifs is 2. The maximum atomic E-state index is 12.5. The van der Waals surface area contributed by atoms with Crippen LogP contribution in [-0.4, -0.2) is 35.0 Å². The summed E-state index contributed by atoms with van der Waals surface area (Å²) in [4.78, 5) is 31.7. The van der Waals surface area contributed by atoms with Gasteiger partial charge in [-0.25, -0.2) is 9.59 Å². The zero-order valence-electron chi connectivity index (χ0n) is 15.7. The molecule has 0 fully saturated rings. The van der Waals surface area contributed by atoms with Crippen molar-refractivity contribution in [1.29, 1.82) is 0 Å². The summed E-state index contributed by atoms with van der Waals surface area (Å²) in [5.41, 5.74) is 1.61. The van der Waals surface area contributed by atoms with E-state index in [1.165, 1.54) is 29.1 Å². The number of rotatable bonds is 4. The van der Waals surface area contributed by atoms with Crippen molar-refractivity contribution in [2.24, 2.45) is 0 Å². The molecule has 0 bridgehead atoms. The van der Waals surface area contributed by atoms with Crippen LogP contribution in [0, 0.1) is 0 Å². The fourth-order valence-electron chi connectivity index (χ4n) is 3.15. The summed E-state index contributed by atoms with van der Waals surface area (Å²) in [7, 11) is 3.75. The van der Waals surface area contributed by atoms with Crippen molar-refractivity contribution in [3.8, 4) is 11.5 Å². The molecule has 0 saturated carbocycles. The minimum atomic E-state index is -0.598. The molecule has 4 aromatic rings. The van der Waals surface area contributed by atoms with Gasteiger partial charge in [-0.05, 0) is 29.8 Å². The zero-order chi connectivity index (χ0) is 20.7. The molecule has 29 heavy (non-hydrogen) atoms. The first-order valence-corrected chi connectivity index (χ1v) is 8.80. The predicted octanol–water partition coefficient (Wildman–Crippen LogP) is 2.42. The highest BCUT2D eigenvalue weighted by Crippen LogP contribution is 2.30. The molecule has 8 nitrogen and oxygen atoms in total. The maximum absolute atomic E-state index is 12.5. The van der Waals surface area contributed by atoms with Crippen molar-refractivity contribution < 1.29 is 24.3 Å². The quantitative estimate of drug-likeness (QED) is 0.404. The van der Waals surface area contributed by atoms with Gasteiger partial charge in [0.15, 0.2) is 11.5 Å². The van der Waals surface area contributed by atoms with Crippen molar-refractivity contribution in [3.63, 3.8) is 0 Å². The molecular weight excluding hydrogens is 376 g/mol. The first kappa shape index (κ1) is 18.4. The second kappa shape index (κ2) is 6.90. The number of nitrogens with zero attached hydrogens (tertiary/aromatic N) is 2. The van der Waals surface area contributed by atoms with Crippen molar-refractivity contribution in [1.82, 2.24) is 4.73 Å². The first-order chi connectivity index (χ1) is 13.8. The maximum Gasteiger partial charge on any atom is 0.337 e. The normalized spacial score (nSPS) is 11.1. The molecule has 4 rings (SSSR count). The van der Waals surface area contributed by atoms with E-state index in [1.54, 1.807) is 18.2 Å². The van der Waals surface area contributed by atoms with E-state index in [0.717, 1.165) is 5.69 Å². The molecule has 2 heterocycles. The minimum Gasteiger partial charge on any atom is -0.504 e. The van der Waals surface area contributed by atoms with Gasteiger partial charge in [-0.15, -0.1) is 0 Å². The fraction of sp³-hybridized carbons (Fsp3) is 0.143. The lowest BCUT2D eigenvalue weighted by Crippen LogP contribution is -2.21. The van der Waals surface area contributed by atoms with Gasteiger partial charge in [0, 0.05) is 55.0 Å². The summed E-state index contributed by atoms with van der Waals surface area (Å²) in [6.07, 6.45) is 1.36. The van der Waals surface area contributed by atoms with Gasteiger partial charge >= 0.3 is 11.6 Å². The number of phenolic OH excluding ortho intramolecular Hbond substituents is 2. The average Bonchev–Trinajstić information content (AvgIpc) is 3.02. The van der Waals surface area contributed by atoms with Gasteiger partial charge < -0.3 is 24.4 Å². The van der Waals surface area contributed by atoms with Crippen molar-refractivity contribution in [2.45, 2.75) is 6.42 Å². The molecule has 8 heteroatoms. The Kier molecular flexibility index (Phi) is 4.38. The SMILES string of the molecule is CN(C)c1ccc2c(CC(=O)On3ccc4cc(O)c(O)cc43)cc(=O)oc2c1. The van der Waals surface area contributed by atoms with E-state index in [4.69, 9.17) is 9.25 Å². The number of carbonyl (C=O) groups is 1. The van der Waals surface area contributed by atoms with Crippen LogP contribution >= 0.6 is 0 Å². The minimum absolute atomic E-state index is 0.146. The highest BCUT2D eigenvalue weighted by atomic mass is 16.7. The topological polar surface area (TPSA) is 105 Å². The summed E-state index contributed by atoms with van der Waals surface area (Å²) in [6, 6.07) is 11.0. The van der Waals surface area contributed by atoms with E-state index in [2.05, 4.69) is 0 Å². The smallest absolute Gasteiger partial charge is 0.337 e. The number of anilines is 1. The molecule has 0 aliphatic rings. The number of phenols is 2. The largest absolute Gasteiger partial charge is 0.504 e. The number of hydrogen-bond acceptors (Lipinski definition) is 7. The summed E-state index contributed by atoms with van der Waals surface area (Å²) < 4.78 is 6.47. The number of benzene rings is 2. The first-order valence-electron chi connectivity index (χ1n) is 8.80. The second-order valence-electron chi connectivity index (χ2n) is 6.85. The molecule has 2 aromatic carbocycles. The van der Waals surface area contributed by atoms with Gasteiger partial charge in [0.1, 0.15) is 5.58 Å². The van der Waals surface area contributed by atoms with E-state index in [0.29, 0.717) is 27.4 Å². The summed E-state index contributed by atoms with van der Waals surface area (Å²) in [5, 5.41) is 20.5. The summed E-state index contributed by atoms with van der Waals surface area (Å²) in [5.74, 6) is -1.18. The molecule has 2 N–H and O–H groups in total. The standard InChI is InChI=1S/C21H18N2O6/c1-22(2)14-3-4-15-13(8-20(26)28-19(15)10-14)9-21(27)29-23-6-5-12-7-17(24)18(25)11-16(12)23/h3-8,10-11,24-25H,9H2,1-2H3. The molecule has 0 aliphatic carbocycles. The Morgan fingerprint density at radius 1 is 1.10 bits per heavy atom. The molecular formula is C21H18N2O6. The molecule has 148 valence electrons. The van der Waals surface area contributed by atoms with Crippen LogP contribution < -0.4 is 15.4 Å². The van der Waals surface area contributed by atoms with Gasteiger partial charge in [0.25, 0.3) is 0 Å². The number of aromatic nitrogens is 1. The third-order valence-electron chi connectivity index (χ3n) is 4.62. The number of carbonyl (C=O) groups excluding carboxylic acids is 1. The van der Waals surface area contributed by atoms with Crippen LogP contribution in [0.2, 0.25) is 0 Å². The van der Waals surface area contributed by atoms with Crippen LogP contribution in [0.15, 0.2) is 57.9 Å². The summed E-state index contributed by atoms with van der Waals surface area (Å²) in [6.45, 7) is 0. The Labute approximate surface area is 164 Å². The van der Waals surface area contributed by atoms with Gasteiger partial charge in [-0.3, -0.25) is 0 Å². The Bertz CT molecular complexity index is 1300. The molecule has 0 aliphatic heterocycles. The number of aromatic hydroxyl groups is 2. The molecule has 0 radical (unpaired) electrons. The van der Waals surface area contributed by atoms with Gasteiger partial charge in [-0.1, -0.05) is 0 Å². The molecule has 0 atom stereocenters. The number of hydrogen-bond donors (Lipinski definition) is 2. The predicted molar refractivity (Wildman–Crippen MR) is 107 cm³/mol. The Morgan fingerprint density at radius 2 is 1.86 bits per heavy atom. The van der Waals surface area contributed by atoms with Crippen molar-refractivity contribution >= 4 is 33.5 Å². The highest BCUT2D eigenvalue weighted by Gasteiger charge is 2.15. The Morgan fingerprint density at radius 3 is 2.62 bits per heavy atom. The zero-order valence-corrected chi connectivity index (χ0v) is 15.7. The van der Waals surface area contributed by atoms with Crippen LogP contribution in [0.5, 0.6) is 11.5 Å². The second-order valence-corrected chi connectivity index (χ2v) is 6.85. The van der Waals surface area contributed by atoms with Crippen LogP contribution in [-0.2, 0) is 11.2 Å². The Hall–Kier alpha value is -3.94. The van der Waals surface area contributed by atoms with Gasteiger partial charge in [0.2, 0.25) is 0 Å². The van der Waals surface area contributed by atoms with E-state index in [1.807, 2.05) is 25.1 Å². The third-order valence-corrected chi connectivity index (χ3v) is 4.62. The van der Waals surface area contributed by atoms with Crippen LogP contribution in [0.1, 0.15) is 5.56 Å². The van der Waals surface area contributed by atoms with Crippen LogP contribution in [0.25, 0.3) is 21.9 Å². The van der Waals surface area contributed by atoms with Crippen molar-refractivity contribution in [3.05, 3.63) is 64.6 Å². The van der Waals surface area contributed by atoms with E-state index in [9.17, 15) is 19.8 Å². The fourth-order valence-corrected chi connectivity index (χ4v) is 3.15. The van der Waals surface area contributed by atoms with Crippen LogP contribution in [0.3, 0.4) is 0 Å². The molecule has 0 unspecified atom stereocenters. The molecule has 0 amide bonds. The summed E-state index contributed by atoms with van der Waals surface area (Å²) >= 11 is 0. The lowest BCUT2D eigenvalue weighted by molar-refractivity contribution is -0.142. The van der Waals surface area contributed by atoms with Crippen LogP contribution in [0.4, 0.5) is 5.69 Å². The lowest BCUT2D eigenvalue weighted by atomic mass is 10.1. The van der Waals surface area contributed by atoms with E-state index in [-0.39, 0.29) is 17.9 Å². The third kappa shape index (κ3) is 3.47. The van der Waals surface area contributed by atoms with E-state index < -0.39 is 11.6 Å². The highest BCUT2D eigenvalue weighted by molar-refractivity contribution is 5.88. The Balaban J connectivity index is 1.64. The molecule has 2 aromatic heterocycles. The van der Waals surface area contributed by atoms with Gasteiger partial charge in [0.05, 0.1) is 11.9 Å². The average molecular weight is 394 g/mol. The monoisotopic (exact) mass is 394 g/mol. The molecule has 0 saturated heterocycles. The van der Waals surface area contributed by atoms with Gasteiger partial charge in [-0.2, -0.15) is 4.73 Å².